The average Bonchev–Trinajstić information content (AvgIpc) is 2.74. The Hall–Kier alpha value is -0.590. The van der Waals surface area contributed by atoms with E-state index in [4.69, 9.17) is 4.74 Å². The van der Waals surface area contributed by atoms with Gasteiger partial charge < -0.3 is 10.1 Å². The highest BCUT2D eigenvalue weighted by Crippen LogP contribution is 2.19. The number of thiophene rings is 1. The lowest BCUT2D eigenvalue weighted by molar-refractivity contribution is -0.175. The van der Waals surface area contributed by atoms with Crippen molar-refractivity contribution in [3.8, 4) is 0 Å². The number of nitrogens with one attached hydrogen (secondary N) is 1. The third kappa shape index (κ3) is 6.05. The number of halogens is 3. The van der Waals surface area contributed by atoms with Gasteiger partial charge in [0.1, 0.15) is 6.61 Å². The monoisotopic (exact) mass is 267 g/mol. The van der Waals surface area contributed by atoms with E-state index in [1.54, 1.807) is 0 Å². The molecule has 0 radical (unpaired) electrons. The fourth-order valence-corrected chi connectivity index (χ4v) is 2.07. The first-order valence-corrected chi connectivity index (χ1v) is 6.37. The molecule has 1 heterocycles. The van der Waals surface area contributed by atoms with Crippen molar-refractivity contribution in [2.24, 2.45) is 0 Å². The predicted molar refractivity (Wildman–Crippen MR) is 62.2 cm³/mol. The van der Waals surface area contributed by atoms with Crippen LogP contribution in [0.1, 0.15) is 24.9 Å². The maximum absolute atomic E-state index is 12.0. The van der Waals surface area contributed by atoms with Crippen LogP contribution in [0.3, 0.4) is 0 Å². The molecule has 17 heavy (non-hydrogen) atoms. The summed E-state index contributed by atoms with van der Waals surface area (Å²) in [4.78, 5) is 0. The van der Waals surface area contributed by atoms with Crippen LogP contribution in [-0.2, 0) is 4.74 Å². The van der Waals surface area contributed by atoms with E-state index >= 15 is 0 Å². The summed E-state index contributed by atoms with van der Waals surface area (Å²) in [5.41, 5.74) is 0.977. The smallest absolute Gasteiger partial charge is 0.370 e. The number of alkyl halides is 3. The molecule has 1 aromatic rings. The van der Waals surface area contributed by atoms with Gasteiger partial charge in [-0.3, -0.25) is 0 Å². The standard InChI is InChI=1S/C11H16F3NOS/c1-2-4-15-10(9-3-5-17-7-9)6-16-8-11(12,13)14/h3,5,7,10,15H,2,4,6,8H2,1H3. The molecule has 0 amide bonds. The van der Waals surface area contributed by atoms with E-state index in [0.717, 1.165) is 18.5 Å². The lowest BCUT2D eigenvalue weighted by Gasteiger charge is -2.18. The second-order valence-electron chi connectivity index (χ2n) is 3.69. The van der Waals surface area contributed by atoms with Gasteiger partial charge >= 0.3 is 6.18 Å². The van der Waals surface area contributed by atoms with Gasteiger partial charge in [-0.25, -0.2) is 0 Å². The fourth-order valence-electron chi connectivity index (χ4n) is 1.36. The third-order valence-electron chi connectivity index (χ3n) is 2.14. The molecule has 0 bridgehead atoms. The first kappa shape index (κ1) is 14.5. The van der Waals surface area contributed by atoms with E-state index in [2.05, 4.69) is 5.32 Å². The zero-order valence-electron chi connectivity index (χ0n) is 9.59. The van der Waals surface area contributed by atoms with Crippen molar-refractivity contribution in [1.82, 2.24) is 5.32 Å². The van der Waals surface area contributed by atoms with E-state index in [1.165, 1.54) is 11.3 Å². The third-order valence-corrected chi connectivity index (χ3v) is 2.84. The zero-order valence-corrected chi connectivity index (χ0v) is 10.4. The fraction of sp³-hybridized carbons (Fsp3) is 0.636. The molecule has 0 aliphatic heterocycles. The van der Waals surface area contributed by atoms with Crippen LogP contribution in [0, 0.1) is 0 Å². The van der Waals surface area contributed by atoms with Crippen LogP contribution in [0.15, 0.2) is 16.8 Å². The van der Waals surface area contributed by atoms with Gasteiger partial charge in [0.2, 0.25) is 0 Å². The van der Waals surface area contributed by atoms with E-state index in [-0.39, 0.29) is 12.6 Å². The Balaban J connectivity index is 2.42. The van der Waals surface area contributed by atoms with Crippen molar-refractivity contribution in [2.45, 2.75) is 25.6 Å². The largest absolute Gasteiger partial charge is 0.411 e. The van der Waals surface area contributed by atoms with Gasteiger partial charge in [-0.1, -0.05) is 6.92 Å². The summed E-state index contributed by atoms with van der Waals surface area (Å²) in [5, 5.41) is 7.00. The van der Waals surface area contributed by atoms with Crippen molar-refractivity contribution in [3.05, 3.63) is 22.4 Å². The van der Waals surface area contributed by atoms with E-state index in [0.29, 0.717) is 0 Å². The highest BCUT2D eigenvalue weighted by molar-refractivity contribution is 7.07. The van der Waals surface area contributed by atoms with Gasteiger partial charge in [0.05, 0.1) is 12.6 Å². The molecule has 0 aromatic carbocycles. The van der Waals surface area contributed by atoms with Gasteiger partial charge in [-0.05, 0) is 35.4 Å². The lowest BCUT2D eigenvalue weighted by Crippen LogP contribution is -2.28. The summed E-state index contributed by atoms with van der Waals surface area (Å²) < 4.78 is 40.6. The van der Waals surface area contributed by atoms with E-state index in [1.807, 2.05) is 23.8 Å². The highest BCUT2D eigenvalue weighted by atomic mass is 32.1. The summed E-state index contributed by atoms with van der Waals surface area (Å²) in [5.74, 6) is 0. The number of hydrogen-bond acceptors (Lipinski definition) is 3. The van der Waals surface area contributed by atoms with Crippen LogP contribution in [0.2, 0.25) is 0 Å². The Morgan fingerprint density at radius 3 is 2.76 bits per heavy atom. The van der Waals surface area contributed by atoms with Crippen molar-refractivity contribution in [2.75, 3.05) is 19.8 Å². The molecule has 1 rings (SSSR count). The molecule has 1 N–H and O–H groups in total. The Labute approximate surface area is 103 Å². The first-order valence-electron chi connectivity index (χ1n) is 5.43. The molecule has 1 aromatic heterocycles. The Kier molecular flexibility index (Phi) is 5.94. The molecule has 0 fully saturated rings. The molecule has 0 spiro atoms. The molecular weight excluding hydrogens is 251 g/mol. The quantitative estimate of drug-likeness (QED) is 0.818. The van der Waals surface area contributed by atoms with Crippen LogP contribution in [0.5, 0.6) is 0 Å². The molecule has 1 unspecified atom stereocenters. The van der Waals surface area contributed by atoms with Gasteiger partial charge in [0.25, 0.3) is 0 Å². The van der Waals surface area contributed by atoms with Crippen LogP contribution in [-0.4, -0.2) is 25.9 Å². The van der Waals surface area contributed by atoms with Gasteiger partial charge in [-0.2, -0.15) is 24.5 Å². The topological polar surface area (TPSA) is 21.3 Å². The summed E-state index contributed by atoms with van der Waals surface area (Å²) >= 11 is 1.52. The molecule has 2 nitrogen and oxygen atoms in total. The Morgan fingerprint density at radius 1 is 1.47 bits per heavy atom. The van der Waals surface area contributed by atoms with Crippen LogP contribution < -0.4 is 5.32 Å². The first-order chi connectivity index (χ1) is 8.03. The summed E-state index contributed by atoms with van der Waals surface area (Å²) in [6.45, 7) is 1.61. The number of hydrogen-bond donors (Lipinski definition) is 1. The van der Waals surface area contributed by atoms with Gasteiger partial charge in [-0.15, -0.1) is 0 Å². The minimum absolute atomic E-state index is 0.0379. The minimum atomic E-state index is -4.26. The summed E-state index contributed by atoms with van der Waals surface area (Å²) in [6.07, 6.45) is -3.33. The SMILES string of the molecule is CCCNC(COCC(F)(F)F)c1ccsc1. The lowest BCUT2D eigenvalue weighted by atomic mass is 10.1. The number of ether oxygens (including phenoxy) is 1. The maximum Gasteiger partial charge on any atom is 0.411 e. The highest BCUT2D eigenvalue weighted by Gasteiger charge is 2.28. The van der Waals surface area contributed by atoms with Crippen molar-refractivity contribution in [3.63, 3.8) is 0 Å². The van der Waals surface area contributed by atoms with Crippen LogP contribution in [0.25, 0.3) is 0 Å². The summed E-state index contributed by atoms with van der Waals surface area (Å²) in [7, 11) is 0. The van der Waals surface area contributed by atoms with Crippen molar-refractivity contribution >= 4 is 11.3 Å². The van der Waals surface area contributed by atoms with E-state index in [9.17, 15) is 13.2 Å². The molecule has 0 aliphatic rings. The molecule has 6 heteroatoms. The Morgan fingerprint density at radius 2 is 2.24 bits per heavy atom. The molecule has 0 saturated heterocycles. The molecule has 0 aliphatic carbocycles. The maximum atomic E-state index is 12.0. The molecular formula is C11H16F3NOS. The number of rotatable bonds is 7. The molecule has 98 valence electrons. The van der Waals surface area contributed by atoms with E-state index < -0.39 is 12.8 Å². The van der Waals surface area contributed by atoms with Crippen LogP contribution >= 0.6 is 11.3 Å². The van der Waals surface area contributed by atoms with Crippen LogP contribution in [0.4, 0.5) is 13.2 Å². The van der Waals surface area contributed by atoms with Gasteiger partial charge in [0.15, 0.2) is 0 Å². The molecule has 0 saturated carbocycles. The average molecular weight is 267 g/mol. The zero-order chi connectivity index (χ0) is 12.7. The second kappa shape index (κ2) is 6.98. The molecule has 1 atom stereocenters. The predicted octanol–water partition coefficient (Wildman–Crippen LogP) is 3.37. The normalized spacial score (nSPS) is 13.9. The Bertz CT molecular complexity index is 300. The van der Waals surface area contributed by atoms with Crippen molar-refractivity contribution in [1.29, 1.82) is 0 Å². The summed E-state index contributed by atoms with van der Waals surface area (Å²) in [6, 6.07) is 1.73. The minimum Gasteiger partial charge on any atom is -0.370 e. The van der Waals surface area contributed by atoms with Gasteiger partial charge in [0, 0.05) is 0 Å². The second-order valence-corrected chi connectivity index (χ2v) is 4.47. The van der Waals surface area contributed by atoms with Crippen molar-refractivity contribution < 1.29 is 17.9 Å².